The molecule has 1 fully saturated rings. The van der Waals surface area contributed by atoms with Gasteiger partial charge in [-0.05, 0) is 49.9 Å². The highest BCUT2D eigenvalue weighted by molar-refractivity contribution is 5.43. The molecular formula is C15H25N3. The topological polar surface area (TPSA) is 28.2 Å². The van der Waals surface area contributed by atoms with Gasteiger partial charge in [0.2, 0.25) is 0 Å². The van der Waals surface area contributed by atoms with E-state index in [1.54, 1.807) is 0 Å². The Labute approximate surface area is 111 Å². The van der Waals surface area contributed by atoms with Gasteiger partial charge in [0.05, 0.1) is 0 Å². The van der Waals surface area contributed by atoms with Gasteiger partial charge in [-0.1, -0.05) is 13.8 Å². The molecule has 1 aliphatic heterocycles. The summed E-state index contributed by atoms with van der Waals surface area (Å²) in [6.07, 6.45) is 4.40. The average molecular weight is 247 g/mol. The molecule has 0 radical (unpaired) electrons. The van der Waals surface area contributed by atoms with Gasteiger partial charge in [-0.25, -0.2) is 4.98 Å². The van der Waals surface area contributed by atoms with Crippen LogP contribution in [0.4, 0.5) is 5.82 Å². The summed E-state index contributed by atoms with van der Waals surface area (Å²) in [5, 5.41) is 3.44. The molecule has 2 heterocycles. The van der Waals surface area contributed by atoms with Crippen LogP contribution in [-0.2, 0) is 6.54 Å². The van der Waals surface area contributed by atoms with Gasteiger partial charge < -0.3 is 10.2 Å². The molecule has 2 unspecified atom stereocenters. The highest BCUT2D eigenvalue weighted by Crippen LogP contribution is 2.27. The van der Waals surface area contributed by atoms with E-state index in [-0.39, 0.29) is 0 Å². The number of hydrogen-bond acceptors (Lipinski definition) is 3. The minimum Gasteiger partial charge on any atom is -0.354 e. The van der Waals surface area contributed by atoms with Crippen LogP contribution in [0.1, 0.15) is 39.2 Å². The summed E-state index contributed by atoms with van der Waals surface area (Å²) in [5.74, 6) is 1.92. The largest absolute Gasteiger partial charge is 0.354 e. The first-order valence-electron chi connectivity index (χ1n) is 7.13. The van der Waals surface area contributed by atoms with Crippen molar-refractivity contribution in [2.75, 3.05) is 18.0 Å². The summed E-state index contributed by atoms with van der Waals surface area (Å²) in [7, 11) is 0. The second-order valence-corrected chi connectivity index (χ2v) is 5.54. The summed E-state index contributed by atoms with van der Waals surface area (Å²) in [6, 6.07) is 4.96. The van der Waals surface area contributed by atoms with Gasteiger partial charge in [-0.15, -0.1) is 0 Å². The van der Waals surface area contributed by atoms with Crippen molar-refractivity contribution in [3.05, 3.63) is 23.9 Å². The van der Waals surface area contributed by atoms with Crippen LogP contribution >= 0.6 is 0 Å². The fourth-order valence-electron chi connectivity index (χ4n) is 2.76. The molecule has 0 bridgehead atoms. The van der Waals surface area contributed by atoms with Gasteiger partial charge >= 0.3 is 0 Å². The highest BCUT2D eigenvalue weighted by atomic mass is 15.2. The number of aromatic nitrogens is 1. The Kier molecular flexibility index (Phi) is 4.59. The quantitative estimate of drug-likeness (QED) is 0.811. The van der Waals surface area contributed by atoms with E-state index in [0.29, 0.717) is 6.04 Å². The number of hydrogen-bond donors (Lipinski definition) is 1. The Morgan fingerprint density at radius 3 is 2.94 bits per heavy atom. The third-order valence-electron chi connectivity index (χ3n) is 3.64. The lowest BCUT2D eigenvalue weighted by atomic mass is 10.1. The molecule has 0 amide bonds. The first-order chi connectivity index (χ1) is 8.70. The Morgan fingerprint density at radius 2 is 2.28 bits per heavy atom. The van der Waals surface area contributed by atoms with Gasteiger partial charge in [-0.2, -0.15) is 0 Å². The Balaban J connectivity index is 2.02. The van der Waals surface area contributed by atoms with Gasteiger partial charge in [0, 0.05) is 25.3 Å². The molecule has 2 rings (SSSR count). The Morgan fingerprint density at radius 1 is 1.44 bits per heavy atom. The monoisotopic (exact) mass is 247 g/mol. The maximum absolute atomic E-state index is 4.53. The van der Waals surface area contributed by atoms with Crippen molar-refractivity contribution < 1.29 is 0 Å². The van der Waals surface area contributed by atoms with E-state index in [4.69, 9.17) is 0 Å². The van der Waals surface area contributed by atoms with Crippen molar-refractivity contribution in [2.24, 2.45) is 5.92 Å². The molecule has 2 atom stereocenters. The maximum atomic E-state index is 4.53. The molecule has 1 saturated heterocycles. The lowest BCUT2D eigenvalue weighted by Gasteiger charge is -2.23. The minimum absolute atomic E-state index is 0.617. The fraction of sp³-hybridized carbons (Fsp3) is 0.667. The lowest BCUT2D eigenvalue weighted by Crippen LogP contribution is -2.27. The van der Waals surface area contributed by atoms with Gasteiger partial charge in [0.25, 0.3) is 0 Å². The van der Waals surface area contributed by atoms with Gasteiger partial charge in [0.1, 0.15) is 5.82 Å². The fourth-order valence-corrected chi connectivity index (χ4v) is 2.76. The van der Waals surface area contributed by atoms with Gasteiger partial charge in [0.15, 0.2) is 0 Å². The molecule has 3 nitrogen and oxygen atoms in total. The Hall–Kier alpha value is -1.09. The summed E-state index contributed by atoms with van der Waals surface area (Å²) >= 11 is 0. The summed E-state index contributed by atoms with van der Waals surface area (Å²) in [5.41, 5.74) is 1.33. The normalized spacial score (nSPS) is 23.6. The first kappa shape index (κ1) is 13.3. The second kappa shape index (κ2) is 6.19. The number of rotatable bonds is 5. The highest BCUT2D eigenvalue weighted by Gasteiger charge is 2.26. The number of anilines is 1. The molecule has 0 aromatic carbocycles. The molecule has 3 heteroatoms. The van der Waals surface area contributed by atoms with E-state index < -0.39 is 0 Å². The molecule has 1 aromatic rings. The molecule has 1 aromatic heterocycles. The van der Waals surface area contributed by atoms with Crippen molar-refractivity contribution in [2.45, 2.75) is 46.2 Å². The van der Waals surface area contributed by atoms with Crippen LogP contribution in [0.5, 0.6) is 0 Å². The van der Waals surface area contributed by atoms with Crippen LogP contribution < -0.4 is 10.2 Å². The zero-order valence-corrected chi connectivity index (χ0v) is 11.8. The molecule has 1 aliphatic rings. The molecule has 18 heavy (non-hydrogen) atoms. The SMILES string of the molecule is CCCNCc1ccnc(N2CC(C)CC2C)c1. The van der Waals surface area contributed by atoms with Crippen LogP contribution in [0, 0.1) is 5.92 Å². The number of nitrogens with zero attached hydrogens (tertiary/aromatic N) is 2. The smallest absolute Gasteiger partial charge is 0.129 e. The molecular weight excluding hydrogens is 222 g/mol. The summed E-state index contributed by atoms with van der Waals surface area (Å²) in [4.78, 5) is 6.97. The standard InChI is InChI=1S/C15H25N3/c1-4-6-16-10-14-5-7-17-15(9-14)18-11-12(2)8-13(18)3/h5,7,9,12-13,16H,4,6,8,10-11H2,1-3H3. The average Bonchev–Trinajstić information content (AvgIpc) is 2.69. The van der Waals surface area contributed by atoms with Crippen molar-refractivity contribution in [3.63, 3.8) is 0 Å². The van der Waals surface area contributed by atoms with E-state index in [1.165, 1.54) is 18.4 Å². The Bertz CT molecular complexity index is 378. The summed E-state index contributed by atoms with van der Waals surface area (Å²) < 4.78 is 0. The molecule has 1 N–H and O–H groups in total. The van der Waals surface area contributed by atoms with Crippen LogP contribution in [-0.4, -0.2) is 24.1 Å². The lowest BCUT2D eigenvalue weighted by molar-refractivity contribution is 0.625. The van der Waals surface area contributed by atoms with E-state index >= 15 is 0 Å². The summed E-state index contributed by atoms with van der Waals surface area (Å²) in [6.45, 7) is 9.98. The van der Waals surface area contributed by atoms with Crippen LogP contribution in [0.15, 0.2) is 18.3 Å². The predicted molar refractivity (Wildman–Crippen MR) is 76.8 cm³/mol. The van der Waals surface area contributed by atoms with Crippen molar-refractivity contribution in [1.29, 1.82) is 0 Å². The van der Waals surface area contributed by atoms with Crippen LogP contribution in [0.25, 0.3) is 0 Å². The van der Waals surface area contributed by atoms with E-state index in [1.807, 2.05) is 6.20 Å². The van der Waals surface area contributed by atoms with Crippen molar-refractivity contribution in [1.82, 2.24) is 10.3 Å². The van der Waals surface area contributed by atoms with Gasteiger partial charge in [-0.3, -0.25) is 0 Å². The molecule has 0 saturated carbocycles. The molecule has 0 spiro atoms. The van der Waals surface area contributed by atoms with E-state index in [0.717, 1.165) is 31.4 Å². The van der Waals surface area contributed by atoms with Crippen molar-refractivity contribution >= 4 is 5.82 Å². The minimum atomic E-state index is 0.617. The zero-order chi connectivity index (χ0) is 13.0. The van der Waals surface area contributed by atoms with Crippen LogP contribution in [0.2, 0.25) is 0 Å². The van der Waals surface area contributed by atoms with E-state index in [9.17, 15) is 0 Å². The van der Waals surface area contributed by atoms with E-state index in [2.05, 4.69) is 48.1 Å². The van der Waals surface area contributed by atoms with Crippen molar-refractivity contribution in [3.8, 4) is 0 Å². The number of nitrogens with one attached hydrogen (secondary N) is 1. The number of pyridine rings is 1. The van der Waals surface area contributed by atoms with Crippen LogP contribution in [0.3, 0.4) is 0 Å². The first-order valence-corrected chi connectivity index (χ1v) is 7.13. The second-order valence-electron chi connectivity index (χ2n) is 5.54. The third-order valence-corrected chi connectivity index (χ3v) is 3.64. The molecule has 100 valence electrons. The zero-order valence-electron chi connectivity index (χ0n) is 11.8. The predicted octanol–water partition coefficient (Wildman–Crippen LogP) is 2.82. The third kappa shape index (κ3) is 3.22. The molecule has 0 aliphatic carbocycles. The maximum Gasteiger partial charge on any atom is 0.129 e.